The zero-order valence-electron chi connectivity index (χ0n) is 23.6. The van der Waals surface area contributed by atoms with E-state index >= 15 is 0 Å². The lowest BCUT2D eigenvalue weighted by Crippen LogP contribution is -2.47. The minimum absolute atomic E-state index is 0.192. The summed E-state index contributed by atoms with van der Waals surface area (Å²) < 4.78 is 17.4. The van der Waals surface area contributed by atoms with Gasteiger partial charge in [-0.3, -0.25) is 0 Å². The number of benzene rings is 1. The molecule has 204 valence electrons. The van der Waals surface area contributed by atoms with Crippen LogP contribution in [0.5, 0.6) is 11.8 Å². The Bertz CT molecular complexity index is 979. The Morgan fingerprint density at radius 2 is 1.59 bits per heavy atom. The summed E-state index contributed by atoms with van der Waals surface area (Å²) >= 11 is 0. The van der Waals surface area contributed by atoms with Crippen molar-refractivity contribution in [1.82, 2.24) is 9.88 Å². The summed E-state index contributed by atoms with van der Waals surface area (Å²) in [5.74, 6) is 1.24. The third-order valence-corrected chi connectivity index (χ3v) is 6.56. The molecule has 1 fully saturated rings. The van der Waals surface area contributed by atoms with Crippen molar-refractivity contribution >= 4 is 11.8 Å². The van der Waals surface area contributed by atoms with Gasteiger partial charge in [0, 0.05) is 43.5 Å². The highest BCUT2D eigenvalue weighted by atomic mass is 16.6. The fraction of sp³-hybridized carbons (Fsp3) is 0.600. The maximum absolute atomic E-state index is 12.4. The number of pyridine rings is 1. The quantitative estimate of drug-likeness (QED) is 0.304. The fourth-order valence-electron chi connectivity index (χ4n) is 4.31. The van der Waals surface area contributed by atoms with Crippen LogP contribution in [-0.4, -0.2) is 61.0 Å². The molecule has 0 aliphatic carbocycles. The number of aromatic nitrogens is 1. The third kappa shape index (κ3) is 8.54. The lowest BCUT2D eigenvalue weighted by Gasteiger charge is -2.38. The predicted octanol–water partition coefficient (Wildman–Crippen LogP) is 6.94. The van der Waals surface area contributed by atoms with Crippen LogP contribution in [0, 0.1) is 0 Å². The molecule has 1 amide bonds. The molecule has 1 saturated heterocycles. The molecule has 0 radical (unpaired) electrons. The van der Waals surface area contributed by atoms with E-state index in [1.807, 2.05) is 40.0 Å². The van der Waals surface area contributed by atoms with Crippen LogP contribution in [0.15, 0.2) is 36.4 Å². The van der Waals surface area contributed by atoms with Crippen LogP contribution in [0.25, 0.3) is 11.1 Å². The number of amides is 1. The van der Waals surface area contributed by atoms with E-state index in [9.17, 15) is 4.79 Å². The largest absolute Gasteiger partial charge is 0.478 e. The highest BCUT2D eigenvalue weighted by Gasteiger charge is 2.28. The molecule has 0 unspecified atom stereocenters. The molecule has 1 aliphatic rings. The zero-order valence-corrected chi connectivity index (χ0v) is 23.6. The lowest BCUT2D eigenvalue weighted by atomic mass is 10.0. The molecule has 0 saturated carbocycles. The van der Waals surface area contributed by atoms with Gasteiger partial charge in [0.2, 0.25) is 11.8 Å². The first-order chi connectivity index (χ1) is 17.7. The molecule has 2 heterocycles. The van der Waals surface area contributed by atoms with Gasteiger partial charge in [-0.25, -0.2) is 4.79 Å². The highest BCUT2D eigenvalue weighted by molar-refractivity contribution is 5.71. The van der Waals surface area contributed by atoms with Gasteiger partial charge in [0.15, 0.2) is 0 Å². The number of nitrogens with zero attached hydrogens (tertiary/aromatic N) is 3. The molecular formula is C30H45N3O4. The van der Waals surface area contributed by atoms with E-state index in [4.69, 9.17) is 14.2 Å². The molecule has 0 N–H and O–H groups in total. The van der Waals surface area contributed by atoms with Crippen LogP contribution in [0.4, 0.5) is 10.5 Å². The zero-order chi connectivity index (χ0) is 26.8. The molecule has 1 aliphatic heterocycles. The molecule has 7 nitrogen and oxygen atoms in total. The normalized spacial score (nSPS) is 14.4. The number of rotatable bonds is 11. The molecule has 2 aromatic rings. The first kappa shape index (κ1) is 28.6. The van der Waals surface area contributed by atoms with Gasteiger partial charge in [0.05, 0.1) is 13.2 Å². The Balaban J connectivity index is 1.65. The van der Waals surface area contributed by atoms with E-state index in [2.05, 4.69) is 48.0 Å². The summed E-state index contributed by atoms with van der Waals surface area (Å²) in [6.07, 6.45) is 5.73. The van der Waals surface area contributed by atoms with E-state index in [1.165, 1.54) is 5.69 Å². The molecule has 0 spiro atoms. The third-order valence-electron chi connectivity index (χ3n) is 6.56. The van der Waals surface area contributed by atoms with E-state index in [0.29, 0.717) is 25.0 Å². The van der Waals surface area contributed by atoms with Crippen molar-refractivity contribution < 1.29 is 19.0 Å². The monoisotopic (exact) mass is 511 g/mol. The van der Waals surface area contributed by atoms with E-state index in [1.54, 1.807) is 4.90 Å². The number of unbranched alkanes of at least 4 members (excludes halogenated alkanes) is 2. The number of ether oxygens (including phenoxy) is 3. The topological polar surface area (TPSA) is 64.1 Å². The van der Waals surface area contributed by atoms with Gasteiger partial charge in [0.1, 0.15) is 5.60 Å². The summed E-state index contributed by atoms with van der Waals surface area (Å²) in [6, 6.07) is 12.8. The number of carbonyl (C=O) groups excluding carboxylic acids is 1. The lowest BCUT2D eigenvalue weighted by molar-refractivity contribution is 0.0201. The minimum Gasteiger partial charge on any atom is -0.478 e. The van der Waals surface area contributed by atoms with Gasteiger partial charge in [-0.2, -0.15) is 4.98 Å². The summed E-state index contributed by atoms with van der Waals surface area (Å²) in [7, 11) is 1.84. The van der Waals surface area contributed by atoms with Crippen molar-refractivity contribution in [2.24, 2.45) is 0 Å². The second-order valence-electron chi connectivity index (χ2n) is 10.8. The van der Waals surface area contributed by atoms with Crippen LogP contribution in [-0.2, 0) is 4.74 Å². The van der Waals surface area contributed by atoms with Crippen LogP contribution < -0.4 is 14.4 Å². The standard InChI is InChI=1S/C30H45N3O4/c1-7-9-21-35-27-16-15-26(28(31-27)36-22-10-8-2)23-11-13-25(14-12-23)33-19-17-24(18-20-33)32(6)29(34)37-30(3,4)5/h11-16,24H,7-10,17-22H2,1-6H3. The van der Waals surface area contributed by atoms with Crippen molar-refractivity contribution in [1.29, 1.82) is 0 Å². The fourth-order valence-corrected chi connectivity index (χ4v) is 4.31. The maximum Gasteiger partial charge on any atom is 0.410 e. The molecule has 37 heavy (non-hydrogen) atoms. The molecule has 1 aromatic heterocycles. The van der Waals surface area contributed by atoms with Gasteiger partial charge >= 0.3 is 6.09 Å². The van der Waals surface area contributed by atoms with E-state index < -0.39 is 5.60 Å². The van der Waals surface area contributed by atoms with Crippen molar-refractivity contribution in [2.75, 3.05) is 38.3 Å². The van der Waals surface area contributed by atoms with Gasteiger partial charge in [-0.05, 0) is 70.2 Å². The average Bonchev–Trinajstić information content (AvgIpc) is 2.88. The van der Waals surface area contributed by atoms with Gasteiger partial charge in [-0.15, -0.1) is 0 Å². The second-order valence-corrected chi connectivity index (χ2v) is 10.8. The number of anilines is 1. The smallest absolute Gasteiger partial charge is 0.410 e. The Labute approximate surface area is 223 Å². The van der Waals surface area contributed by atoms with Gasteiger partial charge in [0.25, 0.3) is 0 Å². The number of hydrogen-bond acceptors (Lipinski definition) is 6. The van der Waals surface area contributed by atoms with Gasteiger partial charge < -0.3 is 24.0 Å². The second kappa shape index (κ2) is 13.5. The van der Waals surface area contributed by atoms with Crippen LogP contribution in [0.3, 0.4) is 0 Å². The summed E-state index contributed by atoms with van der Waals surface area (Å²) in [5.41, 5.74) is 2.75. The van der Waals surface area contributed by atoms with Crippen molar-refractivity contribution in [3.05, 3.63) is 36.4 Å². The average molecular weight is 512 g/mol. The first-order valence-corrected chi connectivity index (χ1v) is 13.8. The first-order valence-electron chi connectivity index (χ1n) is 13.8. The predicted molar refractivity (Wildman–Crippen MR) is 150 cm³/mol. The number of piperidine rings is 1. The van der Waals surface area contributed by atoms with Crippen LogP contribution in [0.2, 0.25) is 0 Å². The summed E-state index contributed by atoms with van der Waals surface area (Å²) in [4.78, 5) is 21.3. The SMILES string of the molecule is CCCCOc1ccc(-c2ccc(N3CCC(N(C)C(=O)OC(C)(C)C)CC3)cc2)c(OCCCC)n1. The molecule has 7 heteroatoms. The Hall–Kier alpha value is -2.96. The van der Waals surface area contributed by atoms with E-state index in [-0.39, 0.29) is 12.1 Å². The highest BCUT2D eigenvalue weighted by Crippen LogP contribution is 2.33. The van der Waals surface area contributed by atoms with Crippen LogP contribution >= 0.6 is 0 Å². The Morgan fingerprint density at radius 1 is 0.973 bits per heavy atom. The minimum atomic E-state index is -0.480. The van der Waals surface area contributed by atoms with Crippen LogP contribution in [0.1, 0.15) is 73.1 Å². The van der Waals surface area contributed by atoms with E-state index in [0.717, 1.165) is 62.7 Å². The van der Waals surface area contributed by atoms with Crippen molar-refractivity contribution in [2.45, 2.75) is 84.8 Å². The maximum atomic E-state index is 12.4. The number of carbonyl (C=O) groups is 1. The molecule has 0 bridgehead atoms. The molecule has 3 rings (SSSR count). The summed E-state index contributed by atoms with van der Waals surface area (Å²) in [6.45, 7) is 13.1. The summed E-state index contributed by atoms with van der Waals surface area (Å²) in [5, 5.41) is 0. The number of hydrogen-bond donors (Lipinski definition) is 0. The molecule has 0 atom stereocenters. The van der Waals surface area contributed by atoms with Gasteiger partial charge in [-0.1, -0.05) is 38.8 Å². The Morgan fingerprint density at radius 3 is 2.19 bits per heavy atom. The molecular weight excluding hydrogens is 466 g/mol. The van der Waals surface area contributed by atoms with Crippen molar-refractivity contribution in [3.8, 4) is 22.9 Å². The van der Waals surface area contributed by atoms with Crippen molar-refractivity contribution in [3.63, 3.8) is 0 Å². The Kier molecular flexibility index (Phi) is 10.5. The molecule has 1 aromatic carbocycles.